The topological polar surface area (TPSA) is 76.9 Å². The van der Waals surface area contributed by atoms with E-state index in [1.807, 2.05) is 6.07 Å². The predicted molar refractivity (Wildman–Crippen MR) is 83.3 cm³/mol. The van der Waals surface area contributed by atoms with Crippen LogP contribution in [-0.4, -0.2) is 81.5 Å². The first kappa shape index (κ1) is 17.6. The van der Waals surface area contributed by atoms with Crippen molar-refractivity contribution in [2.45, 2.75) is 19.3 Å². The lowest BCUT2D eigenvalue weighted by molar-refractivity contribution is 0.0268. The molecule has 0 radical (unpaired) electrons. The van der Waals surface area contributed by atoms with Gasteiger partial charge in [-0.25, -0.2) is 0 Å². The molecule has 0 unspecified atom stereocenters. The molecule has 2 rings (SSSR count). The molecule has 0 spiro atoms. The average molecular weight is 330 g/mol. The Bertz CT molecular complexity index is 477. The van der Waals surface area contributed by atoms with Crippen molar-refractivity contribution in [2.24, 2.45) is 5.92 Å². The number of nitrogens with zero attached hydrogens (tertiary/aromatic N) is 4. The Hall–Kier alpha value is -0.720. The fourth-order valence-corrected chi connectivity index (χ4v) is 4.38. The number of piperidine rings is 1. The van der Waals surface area contributed by atoms with Gasteiger partial charge >= 0.3 is 0 Å². The molecule has 22 heavy (non-hydrogen) atoms. The van der Waals surface area contributed by atoms with Gasteiger partial charge in [0, 0.05) is 52.7 Å². The molecule has 2 aliphatic rings. The van der Waals surface area contributed by atoms with Gasteiger partial charge in [-0.1, -0.05) is 0 Å². The second-order valence-corrected chi connectivity index (χ2v) is 8.03. The van der Waals surface area contributed by atoms with Crippen LogP contribution in [0.15, 0.2) is 0 Å². The second kappa shape index (κ2) is 8.22. The lowest BCUT2D eigenvalue weighted by Crippen LogP contribution is -2.48. The summed E-state index contributed by atoms with van der Waals surface area (Å²) in [6, 6.07) is 1.99. The fraction of sp³-hybridized carbons (Fsp3) is 0.929. The van der Waals surface area contributed by atoms with Crippen LogP contribution in [0.3, 0.4) is 0 Å². The van der Waals surface area contributed by atoms with Crippen LogP contribution >= 0.6 is 0 Å². The van der Waals surface area contributed by atoms with E-state index >= 15 is 0 Å². The van der Waals surface area contributed by atoms with Crippen molar-refractivity contribution in [2.75, 3.05) is 59.5 Å². The maximum absolute atomic E-state index is 12.4. The molecule has 2 aliphatic heterocycles. The van der Waals surface area contributed by atoms with E-state index in [2.05, 4.69) is 4.90 Å². The maximum atomic E-state index is 12.4. The quantitative estimate of drug-likeness (QED) is 0.691. The van der Waals surface area contributed by atoms with Gasteiger partial charge in [-0.05, 0) is 18.8 Å². The van der Waals surface area contributed by atoms with E-state index in [0.29, 0.717) is 19.0 Å². The second-order valence-electron chi connectivity index (χ2n) is 5.99. The van der Waals surface area contributed by atoms with Gasteiger partial charge in [0.05, 0.1) is 19.3 Å². The van der Waals surface area contributed by atoms with E-state index in [1.165, 1.54) is 4.31 Å². The summed E-state index contributed by atoms with van der Waals surface area (Å²) in [5, 5.41) is 8.58. The summed E-state index contributed by atoms with van der Waals surface area (Å²) in [5.74, 6) is 0.564. The molecule has 0 aliphatic carbocycles. The molecule has 0 saturated carbocycles. The third kappa shape index (κ3) is 4.64. The number of hydrogen-bond acceptors (Lipinski definition) is 5. The van der Waals surface area contributed by atoms with Gasteiger partial charge in [0.25, 0.3) is 10.2 Å². The van der Waals surface area contributed by atoms with E-state index in [4.69, 9.17) is 10.00 Å². The lowest BCUT2D eigenvalue weighted by atomic mass is 9.97. The normalized spacial score (nSPS) is 22.8. The highest BCUT2D eigenvalue weighted by Crippen LogP contribution is 2.22. The highest BCUT2D eigenvalue weighted by molar-refractivity contribution is 7.86. The Balaban J connectivity index is 1.79. The zero-order valence-electron chi connectivity index (χ0n) is 13.3. The molecule has 0 atom stereocenters. The molecule has 0 aromatic rings. The summed E-state index contributed by atoms with van der Waals surface area (Å²) in [6.07, 6.45) is 2.04. The molecule has 0 amide bonds. The number of ether oxygens (including phenoxy) is 1. The van der Waals surface area contributed by atoms with Crippen LogP contribution in [0.1, 0.15) is 19.3 Å². The number of rotatable bonds is 6. The minimum absolute atomic E-state index is 0.225. The van der Waals surface area contributed by atoms with Crippen molar-refractivity contribution < 1.29 is 13.2 Å². The molecule has 0 bridgehead atoms. The van der Waals surface area contributed by atoms with E-state index in [-0.39, 0.29) is 13.0 Å². The van der Waals surface area contributed by atoms with Crippen LogP contribution < -0.4 is 0 Å². The molecule has 2 fully saturated rings. The van der Waals surface area contributed by atoms with Crippen molar-refractivity contribution in [1.29, 1.82) is 5.26 Å². The smallest absolute Gasteiger partial charge is 0.281 e. The molecule has 7 nitrogen and oxygen atoms in total. The molecule has 2 heterocycles. The van der Waals surface area contributed by atoms with Crippen molar-refractivity contribution in [3.8, 4) is 6.07 Å². The molecule has 2 saturated heterocycles. The Morgan fingerprint density at radius 1 is 1.23 bits per heavy atom. The van der Waals surface area contributed by atoms with Gasteiger partial charge in [0.2, 0.25) is 0 Å². The van der Waals surface area contributed by atoms with Crippen LogP contribution in [0.2, 0.25) is 0 Å². The molecule has 0 N–H and O–H groups in total. The zero-order valence-corrected chi connectivity index (χ0v) is 14.1. The highest BCUT2D eigenvalue weighted by Gasteiger charge is 2.31. The summed E-state index contributed by atoms with van der Waals surface area (Å²) >= 11 is 0. The first-order valence-electron chi connectivity index (χ1n) is 7.92. The van der Waals surface area contributed by atoms with Crippen molar-refractivity contribution in [1.82, 2.24) is 13.5 Å². The van der Waals surface area contributed by atoms with Gasteiger partial charge in [0.15, 0.2) is 0 Å². The monoisotopic (exact) mass is 330 g/mol. The standard InChI is InChI=1S/C14H26N4O3S/c1-16(6-2-5-15)22(19,20)18-7-3-14(4-8-18)13-17-9-11-21-12-10-17/h14H,2-4,6-13H2,1H3. The Labute approximate surface area is 133 Å². The van der Waals surface area contributed by atoms with Gasteiger partial charge in [0.1, 0.15) is 0 Å². The van der Waals surface area contributed by atoms with E-state index < -0.39 is 10.2 Å². The zero-order chi connectivity index (χ0) is 16.0. The van der Waals surface area contributed by atoms with E-state index in [9.17, 15) is 8.42 Å². The van der Waals surface area contributed by atoms with Gasteiger partial charge in [-0.2, -0.15) is 22.3 Å². The molecule has 126 valence electrons. The lowest BCUT2D eigenvalue weighted by Gasteiger charge is -2.36. The third-order valence-electron chi connectivity index (χ3n) is 4.45. The summed E-state index contributed by atoms with van der Waals surface area (Å²) in [7, 11) is -1.86. The SMILES string of the molecule is CN(CCC#N)S(=O)(=O)N1CCC(CN2CCOCC2)CC1. The van der Waals surface area contributed by atoms with E-state index in [0.717, 1.165) is 45.7 Å². The van der Waals surface area contributed by atoms with Crippen LogP contribution in [0.5, 0.6) is 0 Å². The number of hydrogen-bond donors (Lipinski definition) is 0. The van der Waals surface area contributed by atoms with Crippen molar-refractivity contribution in [3.05, 3.63) is 0 Å². The highest BCUT2D eigenvalue weighted by atomic mass is 32.2. The summed E-state index contributed by atoms with van der Waals surface area (Å²) in [5.41, 5.74) is 0. The van der Waals surface area contributed by atoms with Crippen LogP contribution in [0.25, 0.3) is 0 Å². The summed E-state index contributed by atoms with van der Waals surface area (Å²) in [6.45, 7) is 6.02. The minimum atomic E-state index is -3.41. The van der Waals surface area contributed by atoms with Gasteiger partial charge < -0.3 is 4.74 Å². The number of morpholine rings is 1. The first-order valence-corrected chi connectivity index (χ1v) is 9.32. The molecule has 8 heteroatoms. The third-order valence-corrected chi connectivity index (χ3v) is 6.44. The van der Waals surface area contributed by atoms with Gasteiger partial charge in [-0.15, -0.1) is 0 Å². The van der Waals surface area contributed by atoms with Crippen molar-refractivity contribution in [3.63, 3.8) is 0 Å². The fourth-order valence-electron chi connectivity index (χ4n) is 2.99. The maximum Gasteiger partial charge on any atom is 0.281 e. The van der Waals surface area contributed by atoms with Gasteiger partial charge in [-0.3, -0.25) is 4.90 Å². The summed E-state index contributed by atoms with van der Waals surface area (Å²) < 4.78 is 33.0. The Morgan fingerprint density at radius 2 is 1.86 bits per heavy atom. The molecular weight excluding hydrogens is 304 g/mol. The molecular formula is C14H26N4O3S. The van der Waals surface area contributed by atoms with Crippen LogP contribution in [0, 0.1) is 17.2 Å². The largest absolute Gasteiger partial charge is 0.379 e. The predicted octanol–water partition coefficient (Wildman–Crippen LogP) is 0.121. The van der Waals surface area contributed by atoms with Crippen molar-refractivity contribution >= 4 is 10.2 Å². The minimum Gasteiger partial charge on any atom is -0.379 e. The van der Waals surface area contributed by atoms with Crippen LogP contribution in [0.4, 0.5) is 0 Å². The average Bonchev–Trinajstić information content (AvgIpc) is 2.54. The Morgan fingerprint density at radius 3 is 2.45 bits per heavy atom. The molecule has 0 aromatic heterocycles. The Kier molecular flexibility index (Phi) is 6.59. The first-order chi connectivity index (χ1) is 10.5. The van der Waals surface area contributed by atoms with E-state index in [1.54, 1.807) is 11.4 Å². The van der Waals surface area contributed by atoms with Crippen LogP contribution in [-0.2, 0) is 14.9 Å². The molecule has 0 aromatic carbocycles. The summed E-state index contributed by atoms with van der Waals surface area (Å²) in [4.78, 5) is 2.41. The number of nitriles is 1.